The number of aliphatic hydroxyl groups is 2. The van der Waals surface area contributed by atoms with Crippen LogP contribution in [0, 0.1) is 17.8 Å². The first-order valence-corrected chi connectivity index (χ1v) is 24.4. The predicted molar refractivity (Wildman–Crippen MR) is 260 cm³/mol. The zero-order valence-corrected chi connectivity index (χ0v) is 39.6. The number of ether oxygens (including phenoxy) is 3. The van der Waals surface area contributed by atoms with Crippen LogP contribution in [0.1, 0.15) is 74.7 Å². The third kappa shape index (κ3) is 17.0. The normalized spacial score (nSPS) is 16.3. The Kier molecular flexibility index (Phi) is 21.4. The lowest BCUT2D eigenvalue weighted by Gasteiger charge is -2.26. The molecule has 2 atom stereocenters. The van der Waals surface area contributed by atoms with Crippen LogP contribution in [0.15, 0.2) is 84.9 Å². The minimum atomic E-state index is -1.11. The molecule has 2 aromatic carbocycles. The van der Waals surface area contributed by atoms with Gasteiger partial charge in [-0.05, 0) is 72.5 Å². The van der Waals surface area contributed by atoms with Gasteiger partial charge in [0.25, 0.3) is 0 Å². The average molecular weight is 967 g/mol. The summed E-state index contributed by atoms with van der Waals surface area (Å²) in [5.41, 5.74) is 4.39. The number of hydrogen-bond donors (Lipinski definition) is 5. The molecule has 1 aliphatic heterocycles. The number of amides is 2. The number of hydrogen-bond acceptors (Lipinski definition) is 14. The van der Waals surface area contributed by atoms with Crippen molar-refractivity contribution < 1.29 is 53.8 Å². The third-order valence-electron chi connectivity index (χ3n) is 11.7. The number of thioether (sulfide) groups is 1. The molecule has 1 fully saturated rings. The number of carbonyl (C=O) groups excluding carboxylic acids is 2. The Bertz CT molecular complexity index is 2300. The fraction of sp³-hybridized carbons (Fsp3) is 0.451. The molecule has 1 saturated carbocycles. The predicted octanol–water partition coefficient (Wildman–Crippen LogP) is 3.94. The number of nitrogens with zero attached hydrogens (tertiary/aromatic N) is 5. The summed E-state index contributed by atoms with van der Waals surface area (Å²) in [6, 6.07) is 25.0. The fourth-order valence-electron chi connectivity index (χ4n) is 8.25. The third-order valence-corrected chi connectivity index (χ3v) is 12.9. The summed E-state index contributed by atoms with van der Waals surface area (Å²) >= 11 is 1.77. The molecule has 0 bridgehead atoms. The number of carboxylic acid groups (broad SMARTS) is 2. The van der Waals surface area contributed by atoms with E-state index in [1.165, 1.54) is 12.1 Å². The Morgan fingerprint density at radius 2 is 1.28 bits per heavy atom. The van der Waals surface area contributed by atoms with Crippen molar-refractivity contribution in [2.75, 3.05) is 88.8 Å². The van der Waals surface area contributed by atoms with Gasteiger partial charge in [0.1, 0.15) is 11.4 Å². The number of rotatable bonds is 29. The van der Waals surface area contributed by atoms with Gasteiger partial charge >= 0.3 is 11.9 Å². The van der Waals surface area contributed by atoms with E-state index in [9.17, 15) is 39.6 Å². The van der Waals surface area contributed by atoms with Crippen molar-refractivity contribution in [2.24, 2.45) is 5.92 Å². The molecule has 2 unspecified atom stereocenters. The van der Waals surface area contributed by atoms with E-state index in [2.05, 4.69) is 27.1 Å². The summed E-state index contributed by atoms with van der Waals surface area (Å²) in [7, 11) is 0. The Labute approximate surface area is 407 Å². The van der Waals surface area contributed by atoms with E-state index in [-0.39, 0.29) is 61.5 Å². The second-order valence-electron chi connectivity index (χ2n) is 16.7. The first-order valence-electron chi connectivity index (χ1n) is 23.3. The van der Waals surface area contributed by atoms with Gasteiger partial charge in [0.05, 0.1) is 75.5 Å². The number of carbonyl (C=O) groups is 4. The first kappa shape index (κ1) is 52.6. The Hall–Kier alpha value is -5.75. The largest absolute Gasteiger partial charge is 0.477 e. The van der Waals surface area contributed by atoms with Gasteiger partial charge in [0.2, 0.25) is 11.8 Å². The van der Waals surface area contributed by atoms with Gasteiger partial charge in [-0.15, -0.1) is 0 Å². The summed E-state index contributed by atoms with van der Waals surface area (Å²) < 4.78 is 18.8. The number of fused-ring (bicyclic) bond motifs is 2. The van der Waals surface area contributed by atoms with Crippen molar-refractivity contribution in [3.05, 3.63) is 124 Å². The van der Waals surface area contributed by atoms with Crippen molar-refractivity contribution in [3.63, 3.8) is 0 Å². The molecule has 18 heteroatoms. The number of para-hydroxylation sites is 1. The van der Waals surface area contributed by atoms with Crippen LogP contribution in [0.3, 0.4) is 0 Å². The molecule has 0 radical (unpaired) electrons. The second-order valence-corrected chi connectivity index (χ2v) is 17.9. The molecular formula is C51H62N6O11S. The molecule has 368 valence electrons. The van der Waals surface area contributed by atoms with Crippen molar-refractivity contribution in [1.82, 2.24) is 25.1 Å². The molecule has 2 amide bonds. The molecule has 2 aliphatic rings. The molecule has 0 saturated heterocycles. The van der Waals surface area contributed by atoms with Crippen LogP contribution < -0.4 is 10.2 Å². The highest BCUT2D eigenvalue weighted by Crippen LogP contribution is 2.33. The maximum absolute atomic E-state index is 13.5. The number of pyridine rings is 2. The van der Waals surface area contributed by atoms with Gasteiger partial charge in [-0.3, -0.25) is 19.4 Å². The van der Waals surface area contributed by atoms with Crippen molar-refractivity contribution >= 4 is 41.2 Å². The van der Waals surface area contributed by atoms with Gasteiger partial charge in [-0.25, -0.2) is 19.6 Å². The van der Waals surface area contributed by atoms with Gasteiger partial charge < -0.3 is 44.9 Å². The summed E-state index contributed by atoms with van der Waals surface area (Å²) in [6.07, 6.45) is 1.25. The first-order chi connectivity index (χ1) is 33.6. The fourth-order valence-corrected chi connectivity index (χ4v) is 9.26. The average Bonchev–Trinajstić information content (AvgIpc) is 3.73. The van der Waals surface area contributed by atoms with E-state index < -0.39 is 11.9 Å². The van der Waals surface area contributed by atoms with Crippen LogP contribution in [0.2, 0.25) is 0 Å². The number of nitrogens with one attached hydrogen (secondary N) is 1. The number of aliphatic hydroxyl groups excluding tert-OH is 2. The number of aromatic nitrogens is 2. The minimum absolute atomic E-state index is 0.0447. The number of benzene rings is 2. The van der Waals surface area contributed by atoms with Crippen LogP contribution in [0.25, 0.3) is 0 Å². The van der Waals surface area contributed by atoms with Crippen LogP contribution in [-0.4, -0.2) is 160 Å². The molecule has 5 N–H and O–H groups in total. The Morgan fingerprint density at radius 3 is 1.88 bits per heavy atom. The summed E-state index contributed by atoms with van der Waals surface area (Å²) in [4.78, 5) is 63.3. The highest BCUT2D eigenvalue weighted by atomic mass is 32.2. The van der Waals surface area contributed by atoms with Crippen LogP contribution in [-0.2, 0) is 43.4 Å². The molecule has 17 nitrogen and oxygen atoms in total. The van der Waals surface area contributed by atoms with Gasteiger partial charge in [-0.1, -0.05) is 54.3 Å². The summed E-state index contributed by atoms with van der Waals surface area (Å²) in [5.74, 6) is 5.74. The van der Waals surface area contributed by atoms with Crippen LogP contribution in [0.5, 0.6) is 0 Å². The molecule has 3 heterocycles. The van der Waals surface area contributed by atoms with E-state index in [0.717, 1.165) is 46.7 Å². The van der Waals surface area contributed by atoms with E-state index >= 15 is 0 Å². The highest BCUT2D eigenvalue weighted by molar-refractivity contribution is 7.99. The highest BCUT2D eigenvalue weighted by Gasteiger charge is 2.36. The van der Waals surface area contributed by atoms with Gasteiger partial charge in [0.15, 0.2) is 0 Å². The van der Waals surface area contributed by atoms with E-state index in [0.29, 0.717) is 96.1 Å². The molecule has 4 aromatic rings. The molecule has 1 aliphatic carbocycles. The van der Waals surface area contributed by atoms with Gasteiger partial charge in [0, 0.05) is 75.5 Å². The lowest BCUT2D eigenvalue weighted by atomic mass is 10.0. The van der Waals surface area contributed by atoms with E-state index in [1.54, 1.807) is 40.9 Å². The van der Waals surface area contributed by atoms with Crippen molar-refractivity contribution in [2.45, 2.75) is 57.5 Å². The van der Waals surface area contributed by atoms with Crippen molar-refractivity contribution in [1.29, 1.82) is 0 Å². The van der Waals surface area contributed by atoms with Crippen LogP contribution >= 0.6 is 11.8 Å². The van der Waals surface area contributed by atoms with E-state index in [4.69, 9.17) is 14.2 Å². The smallest absolute Gasteiger partial charge is 0.354 e. The van der Waals surface area contributed by atoms with E-state index in [1.807, 2.05) is 58.3 Å². The molecule has 0 spiro atoms. The van der Waals surface area contributed by atoms with Crippen LogP contribution in [0.4, 0.5) is 5.69 Å². The molecule has 2 aromatic heterocycles. The van der Waals surface area contributed by atoms with Crippen molar-refractivity contribution in [3.8, 4) is 11.8 Å². The zero-order valence-electron chi connectivity index (χ0n) is 38.7. The number of aromatic carboxylic acids is 2. The molecule has 69 heavy (non-hydrogen) atoms. The quantitative estimate of drug-likeness (QED) is 0.0384. The molecular weight excluding hydrogens is 905 g/mol. The zero-order chi connectivity index (χ0) is 48.8. The number of carboxylic acids is 2. The number of anilines is 1. The van der Waals surface area contributed by atoms with Gasteiger partial charge in [-0.2, -0.15) is 11.8 Å². The maximum atomic E-state index is 13.5. The topological polar surface area (TPSA) is 224 Å². The lowest BCUT2D eigenvalue weighted by Crippen LogP contribution is -2.35. The molecule has 6 rings (SSSR count). The summed E-state index contributed by atoms with van der Waals surface area (Å²) in [6.45, 7) is 4.42. The second kappa shape index (κ2) is 28.0. The maximum Gasteiger partial charge on any atom is 0.354 e. The summed E-state index contributed by atoms with van der Waals surface area (Å²) in [5, 5.41) is 41.2. The monoisotopic (exact) mass is 966 g/mol. The minimum Gasteiger partial charge on any atom is -0.477 e. The lowest BCUT2D eigenvalue weighted by molar-refractivity contribution is -0.125. The standard InChI is InChI=1S/C51H62N6O11S/c58-24-20-55(34-41-10-5-12-43(53-41)50(62)63)22-27-67-46-31-37(32-47(46)68-28-23-56(21-25-59)35-42-11-6-13-44(54-42)51(64)65)36-69-30-29-66-26-19-52-48(60)17-18-49(61)57-33-40-9-2-1-7-38(40)15-16-39-8-3-4-14-45(39)57/h1-14,37,46-47,58-59H,17-36H2,(H,52,60)(H,62,63)(H,64,65). The Balaban J connectivity index is 0.926. The SMILES string of the molecule is O=C(CCC(=O)N1Cc2ccccc2C#Cc2ccccc21)NCCOCCSCC1CC(OCCN(CCO)Cc2cccc(C(=O)O)n2)C(OCCN(CCO)Cc2cccc(C(=O)O)n2)C1. The Morgan fingerprint density at radius 1 is 0.696 bits per heavy atom.